The van der Waals surface area contributed by atoms with Crippen LogP contribution in [0.3, 0.4) is 0 Å². The first-order valence-corrected chi connectivity index (χ1v) is 3.78. The van der Waals surface area contributed by atoms with Gasteiger partial charge < -0.3 is 9.47 Å². The van der Waals surface area contributed by atoms with Gasteiger partial charge in [0.25, 0.3) is 0 Å². The molecule has 0 bridgehead atoms. The summed E-state index contributed by atoms with van der Waals surface area (Å²) in [7, 11) is 2.99. The van der Waals surface area contributed by atoms with Crippen LogP contribution in [0.5, 0.6) is 0 Å². The van der Waals surface area contributed by atoms with E-state index in [9.17, 15) is 4.79 Å². The van der Waals surface area contributed by atoms with Crippen LogP contribution < -0.4 is 0 Å². The van der Waals surface area contributed by atoms with E-state index in [2.05, 4.69) is 4.74 Å². The standard InChI is InChI=1S/C8H16O3/c1-5-7(10-3)6(2)8(9)11-4/h6-7H,5H2,1-4H3. The van der Waals surface area contributed by atoms with Crippen molar-refractivity contribution >= 4 is 5.97 Å². The molecule has 0 saturated heterocycles. The van der Waals surface area contributed by atoms with Gasteiger partial charge >= 0.3 is 5.97 Å². The first kappa shape index (κ1) is 10.4. The van der Waals surface area contributed by atoms with Crippen molar-refractivity contribution in [1.29, 1.82) is 0 Å². The van der Waals surface area contributed by atoms with Gasteiger partial charge in [0.15, 0.2) is 0 Å². The van der Waals surface area contributed by atoms with Crippen LogP contribution >= 0.6 is 0 Å². The lowest BCUT2D eigenvalue weighted by Crippen LogP contribution is -2.27. The lowest BCUT2D eigenvalue weighted by molar-refractivity contribution is -0.149. The lowest BCUT2D eigenvalue weighted by atomic mass is 10.0. The van der Waals surface area contributed by atoms with Gasteiger partial charge in [0.1, 0.15) is 0 Å². The minimum atomic E-state index is -0.210. The molecule has 0 radical (unpaired) electrons. The molecule has 0 aromatic heterocycles. The second kappa shape index (κ2) is 5.13. The molecule has 0 spiro atoms. The average Bonchev–Trinajstić information content (AvgIpc) is 2.05. The van der Waals surface area contributed by atoms with Gasteiger partial charge in [-0.3, -0.25) is 4.79 Å². The number of ether oxygens (including phenoxy) is 2. The Morgan fingerprint density at radius 3 is 2.27 bits per heavy atom. The monoisotopic (exact) mass is 160 g/mol. The number of rotatable bonds is 4. The first-order chi connectivity index (χ1) is 5.17. The van der Waals surface area contributed by atoms with Gasteiger partial charge in [-0.25, -0.2) is 0 Å². The fourth-order valence-corrected chi connectivity index (χ4v) is 1.06. The quantitative estimate of drug-likeness (QED) is 0.580. The van der Waals surface area contributed by atoms with Crippen LogP contribution in [0.1, 0.15) is 20.3 Å². The third-order valence-electron chi connectivity index (χ3n) is 1.84. The molecule has 0 amide bonds. The zero-order chi connectivity index (χ0) is 8.85. The number of hydrogen-bond acceptors (Lipinski definition) is 3. The number of hydrogen-bond donors (Lipinski definition) is 0. The zero-order valence-corrected chi connectivity index (χ0v) is 7.59. The Morgan fingerprint density at radius 1 is 1.45 bits per heavy atom. The fraction of sp³-hybridized carbons (Fsp3) is 0.875. The highest BCUT2D eigenvalue weighted by Crippen LogP contribution is 2.11. The van der Waals surface area contributed by atoms with Crippen LogP contribution in [0, 0.1) is 5.92 Å². The van der Waals surface area contributed by atoms with Gasteiger partial charge in [-0.15, -0.1) is 0 Å². The Morgan fingerprint density at radius 2 is 2.00 bits per heavy atom. The van der Waals surface area contributed by atoms with Gasteiger partial charge in [0, 0.05) is 7.11 Å². The Hall–Kier alpha value is -0.570. The lowest BCUT2D eigenvalue weighted by Gasteiger charge is -2.18. The van der Waals surface area contributed by atoms with Crippen molar-refractivity contribution in [2.24, 2.45) is 5.92 Å². The van der Waals surface area contributed by atoms with E-state index < -0.39 is 0 Å². The summed E-state index contributed by atoms with van der Waals surface area (Å²) in [6, 6.07) is 0. The summed E-state index contributed by atoms with van der Waals surface area (Å²) in [4.78, 5) is 11.0. The van der Waals surface area contributed by atoms with Gasteiger partial charge in [-0.1, -0.05) is 6.92 Å². The summed E-state index contributed by atoms with van der Waals surface area (Å²) in [6.07, 6.45) is 0.801. The van der Waals surface area contributed by atoms with Crippen molar-refractivity contribution < 1.29 is 14.3 Å². The highest BCUT2D eigenvalue weighted by atomic mass is 16.5. The number of carbonyl (C=O) groups excluding carboxylic acids is 1. The van der Waals surface area contributed by atoms with Gasteiger partial charge in [0.2, 0.25) is 0 Å². The van der Waals surface area contributed by atoms with Crippen LogP contribution in [0.2, 0.25) is 0 Å². The predicted molar refractivity (Wildman–Crippen MR) is 42.3 cm³/mol. The van der Waals surface area contributed by atoms with Crippen molar-refractivity contribution in [1.82, 2.24) is 0 Å². The molecule has 0 aliphatic rings. The number of methoxy groups -OCH3 is 2. The Labute approximate surface area is 67.7 Å². The van der Waals surface area contributed by atoms with E-state index in [0.717, 1.165) is 6.42 Å². The smallest absolute Gasteiger partial charge is 0.311 e. The third kappa shape index (κ3) is 2.89. The van der Waals surface area contributed by atoms with Crippen LogP contribution in [-0.2, 0) is 14.3 Å². The summed E-state index contributed by atoms with van der Waals surface area (Å²) >= 11 is 0. The fourth-order valence-electron chi connectivity index (χ4n) is 1.06. The molecule has 0 aromatic carbocycles. The zero-order valence-electron chi connectivity index (χ0n) is 7.59. The Bertz CT molecular complexity index is 119. The highest BCUT2D eigenvalue weighted by Gasteiger charge is 2.22. The molecule has 0 fully saturated rings. The largest absolute Gasteiger partial charge is 0.469 e. The van der Waals surface area contributed by atoms with Crippen LogP contribution in [-0.4, -0.2) is 26.3 Å². The molecule has 2 unspecified atom stereocenters. The molecular weight excluding hydrogens is 144 g/mol. The van der Waals surface area contributed by atoms with Crippen LogP contribution in [0.4, 0.5) is 0 Å². The molecule has 0 aliphatic carbocycles. The van der Waals surface area contributed by atoms with Crippen molar-refractivity contribution in [3.63, 3.8) is 0 Å². The van der Waals surface area contributed by atoms with Crippen molar-refractivity contribution in [2.45, 2.75) is 26.4 Å². The molecule has 11 heavy (non-hydrogen) atoms. The molecule has 2 atom stereocenters. The van der Waals surface area contributed by atoms with E-state index in [-0.39, 0.29) is 18.0 Å². The Balaban J connectivity index is 3.97. The van der Waals surface area contributed by atoms with Crippen LogP contribution in [0.25, 0.3) is 0 Å². The molecule has 0 aromatic rings. The first-order valence-electron chi connectivity index (χ1n) is 3.78. The maximum Gasteiger partial charge on any atom is 0.311 e. The topological polar surface area (TPSA) is 35.5 Å². The third-order valence-corrected chi connectivity index (χ3v) is 1.84. The minimum Gasteiger partial charge on any atom is -0.469 e. The predicted octanol–water partition coefficient (Wildman–Crippen LogP) is 1.22. The molecule has 0 heterocycles. The van der Waals surface area contributed by atoms with E-state index in [4.69, 9.17) is 4.74 Å². The molecule has 0 rings (SSSR count). The number of carbonyl (C=O) groups is 1. The van der Waals surface area contributed by atoms with Gasteiger partial charge in [-0.2, -0.15) is 0 Å². The summed E-state index contributed by atoms with van der Waals surface area (Å²) in [5, 5.41) is 0. The molecule has 3 heteroatoms. The summed E-state index contributed by atoms with van der Waals surface area (Å²) < 4.78 is 9.66. The van der Waals surface area contributed by atoms with Crippen molar-refractivity contribution in [3.8, 4) is 0 Å². The normalized spacial score (nSPS) is 15.6. The molecule has 0 aliphatic heterocycles. The molecular formula is C8H16O3. The van der Waals surface area contributed by atoms with E-state index in [0.29, 0.717) is 0 Å². The van der Waals surface area contributed by atoms with Gasteiger partial charge in [-0.05, 0) is 13.3 Å². The van der Waals surface area contributed by atoms with Crippen LogP contribution in [0.15, 0.2) is 0 Å². The van der Waals surface area contributed by atoms with Crippen molar-refractivity contribution in [2.75, 3.05) is 14.2 Å². The summed E-state index contributed by atoms with van der Waals surface area (Å²) in [5.41, 5.74) is 0. The number of esters is 1. The minimum absolute atomic E-state index is 0.0255. The van der Waals surface area contributed by atoms with E-state index in [1.807, 2.05) is 13.8 Å². The van der Waals surface area contributed by atoms with Crippen molar-refractivity contribution in [3.05, 3.63) is 0 Å². The molecule has 0 saturated carbocycles. The maximum atomic E-state index is 11.0. The SMILES string of the molecule is CCC(OC)C(C)C(=O)OC. The van der Waals surface area contributed by atoms with Gasteiger partial charge in [0.05, 0.1) is 19.1 Å². The average molecular weight is 160 g/mol. The van der Waals surface area contributed by atoms with E-state index in [1.54, 1.807) is 7.11 Å². The molecule has 0 N–H and O–H groups in total. The van der Waals surface area contributed by atoms with E-state index in [1.165, 1.54) is 7.11 Å². The second-order valence-electron chi connectivity index (χ2n) is 2.49. The molecule has 3 nitrogen and oxygen atoms in total. The van der Waals surface area contributed by atoms with E-state index >= 15 is 0 Å². The second-order valence-corrected chi connectivity index (χ2v) is 2.49. The Kier molecular flexibility index (Phi) is 4.86. The molecule has 66 valence electrons. The summed E-state index contributed by atoms with van der Waals surface area (Å²) in [6.45, 7) is 3.79. The highest BCUT2D eigenvalue weighted by molar-refractivity contribution is 5.72. The maximum absolute atomic E-state index is 11.0. The summed E-state index contributed by atoms with van der Waals surface area (Å²) in [5.74, 6) is -0.381.